The Hall–Kier alpha value is -3.29. The van der Waals surface area contributed by atoms with E-state index in [1.807, 2.05) is 26.0 Å². The van der Waals surface area contributed by atoms with Crippen LogP contribution in [0.4, 0.5) is 0 Å². The molecule has 33 heavy (non-hydrogen) atoms. The molecule has 1 N–H and O–H groups in total. The molecule has 0 unspecified atom stereocenters. The van der Waals surface area contributed by atoms with Gasteiger partial charge in [-0.1, -0.05) is 49.7 Å². The molecule has 3 aromatic carbocycles. The van der Waals surface area contributed by atoms with Crippen LogP contribution in [0.15, 0.2) is 77.7 Å². The van der Waals surface area contributed by atoms with Gasteiger partial charge in [0.2, 0.25) is 5.88 Å². The number of carbonyl (C=O) groups is 1. The fourth-order valence-electron chi connectivity index (χ4n) is 3.52. The highest BCUT2D eigenvalue weighted by Crippen LogP contribution is 2.33. The molecule has 0 aliphatic rings. The van der Waals surface area contributed by atoms with Gasteiger partial charge in [0.1, 0.15) is 6.61 Å². The summed E-state index contributed by atoms with van der Waals surface area (Å²) in [6.07, 6.45) is 0. The molecule has 0 bridgehead atoms. The largest absolute Gasteiger partial charge is 0.478 e. The van der Waals surface area contributed by atoms with Crippen LogP contribution in [0.1, 0.15) is 41.3 Å². The number of carboxylic acid groups (broad SMARTS) is 1. The van der Waals surface area contributed by atoms with E-state index in [-0.39, 0.29) is 28.9 Å². The standard InChI is InChI=1S/C25H22ClNO5S/c1-16(2)18-7-10-22(11-8-18)33(30,31)27-23-12-9-21(26)13-20(23)14-24(27)32-15-17-3-5-19(6-4-17)25(28)29/h3-14,16H,15H2,1-2H3,(H,28,29). The number of aromatic carboxylic acids is 1. The molecule has 0 atom stereocenters. The zero-order valence-electron chi connectivity index (χ0n) is 18.0. The van der Waals surface area contributed by atoms with Gasteiger partial charge in [-0.3, -0.25) is 0 Å². The van der Waals surface area contributed by atoms with E-state index in [9.17, 15) is 13.2 Å². The molecule has 0 saturated heterocycles. The number of halogens is 1. The first-order chi connectivity index (χ1) is 15.7. The van der Waals surface area contributed by atoms with Crippen molar-refractivity contribution in [2.75, 3.05) is 0 Å². The summed E-state index contributed by atoms with van der Waals surface area (Å²) in [5.41, 5.74) is 2.35. The third kappa shape index (κ3) is 4.60. The van der Waals surface area contributed by atoms with E-state index in [0.29, 0.717) is 21.5 Å². The van der Waals surface area contributed by atoms with Crippen LogP contribution in [0, 0.1) is 0 Å². The summed E-state index contributed by atoms with van der Waals surface area (Å²) >= 11 is 6.12. The van der Waals surface area contributed by atoms with E-state index in [1.54, 1.807) is 48.5 Å². The Kier molecular flexibility index (Phi) is 6.19. The van der Waals surface area contributed by atoms with Crippen molar-refractivity contribution in [1.82, 2.24) is 3.97 Å². The molecule has 8 heteroatoms. The van der Waals surface area contributed by atoms with E-state index in [2.05, 4.69) is 0 Å². The Labute approximate surface area is 197 Å². The highest BCUT2D eigenvalue weighted by atomic mass is 35.5. The summed E-state index contributed by atoms with van der Waals surface area (Å²) in [4.78, 5) is 11.2. The predicted octanol–water partition coefficient (Wildman–Crippen LogP) is 5.93. The van der Waals surface area contributed by atoms with Crippen molar-refractivity contribution in [3.05, 3.63) is 94.5 Å². The fourth-order valence-corrected chi connectivity index (χ4v) is 5.15. The summed E-state index contributed by atoms with van der Waals surface area (Å²) in [5, 5.41) is 10.2. The van der Waals surface area contributed by atoms with E-state index < -0.39 is 16.0 Å². The van der Waals surface area contributed by atoms with Crippen molar-refractivity contribution in [3.63, 3.8) is 0 Å². The average molecular weight is 484 g/mol. The molecular formula is C25H22ClNO5S. The minimum Gasteiger partial charge on any atom is -0.478 e. The molecule has 4 rings (SSSR count). The predicted molar refractivity (Wildman–Crippen MR) is 128 cm³/mol. The lowest BCUT2D eigenvalue weighted by Gasteiger charge is -2.14. The highest BCUT2D eigenvalue weighted by molar-refractivity contribution is 7.90. The summed E-state index contributed by atoms with van der Waals surface area (Å²) < 4.78 is 34.3. The van der Waals surface area contributed by atoms with Gasteiger partial charge in [0.05, 0.1) is 16.0 Å². The van der Waals surface area contributed by atoms with Gasteiger partial charge in [0.25, 0.3) is 10.0 Å². The second-order valence-electron chi connectivity index (χ2n) is 7.97. The van der Waals surface area contributed by atoms with Gasteiger partial charge in [0.15, 0.2) is 0 Å². The van der Waals surface area contributed by atoms with E-state index in [4.69, 9.17) is 21.4 Å². The van der Waals surface area contributed by atoms with Crippen molar-refractivity contribution in [3.8, 4) is 5.88 Å². The first-order valence-electron chi connectivity index (χ1n) is 10.3. The third-order valence-corrected chi connectivity index (χ3v) is 7.32. The van der Waals surface area contributed by atoms with Gasteiger partial charge in [-0.15, -0.1) is 0 Å². The lowest BCUT2D eigenvalue weighted by atomic mass is 10.0. The molecule has 6 nitrogen and oxygen atoms in total. The van der Waals surface area contributed by atoms with Crippen molar-refractivity contribution >= 4 is 38.5 Å². The maximum atomic E-state index is 13.6. The highest BCUT2D eigenvalue weighted by Gasteiger charge is 2.24. The van der Waals surface area contributed by atoms with E-state index in [0.717, 1.165) is 5.56 Å². The molecule has 1 aromatic heterocycles. The number of fused-ring (bicyclic) bond motifs is 1. The summed E-state index contributed by atoms with van der Waals surface area (Å²) in [7, 11) is -3.96. The van der Waals surface area contributed by atoms with Crippen LogP contribution in [0.2, 0.25) is 5.02 Å². The second kappa shape index (κ2) is 8.92. The zero-order valence-corrected chi connectivity index (χ0v) is 19.6. The van der Waals surface area contributed by atoms with Crippen LogP contribution in [-0.4, -0.2) is 23.5 Å². The Morgan fingerprint density at radius 1 is 1.00 bits per heavy atom. The van der Waals surface area contributed by atoms with Gasteiger partial charge in [0, 0.05) is 16.5 Å². The molecule has 0 aliphatic heterocycles. The molecule has 4 aromatic rings. The maximum Gasteiger partial charge on any atom is 0.335 e. The third-order valence-electron chi connectivity index (χ3n) is 5.36. The first kappa shape index (κ1) is 22.9. The summed E-state index contributed by atoms with van der Waals surface area (Å²) in [5.74, 6) is -0.598. The molecule has 0 fully saturated rings. The van der Waals surface area contributed by atoms with Crippen LogP contribution in [0.25, 0.3) is 10.9 Å². The Balaban J connectivity index is 1.74. The van der Waals surface area contributed by atoms with Crippen molar-refractivity contribution in [2.24, 2.45) is 0 Å². The lowest BCUT2D eigenvalue weighted by molar-refractivity contribution is 0.0696. The molecule has 0 amide bonds. The zero-order chi connectivity index (χ0) is 23.8. The smallest absolute Gasteiger partial charge is 0.335 e. The molecule has 170 valence electrons. The minimum atomic E-state index is -3.96. The van der Waals surface area contributed by atoms with Gasteiger partial charge in [-0.05, 0) is 59.5 Å². The topological polar surface area (TPSA) is 85.6 Å². The fraction of sp³-hybridized carbons (Fsp3) is 0.160. The van der Waals surface area contributed by atoms with E-state index >= 15 is 0 Å². The van der Waals surface area contributed by atoms with Crippen LogP contribution >= 0.6 is 11.6 Å². The number of rotatable bonds is 7. The quantitative estimate of drug-likeness (QED) is 0.352. The monoisotopic (exact) mass is 483 g/mol. The Morgan fingerprint density at radius 2 is 1.67 bits per heavy atom. The van der Waals surface area contributed by atoms with Gasteiger partial charge < -0.3 is 9.84 Å². The molecule has 1 heterocycles. The number of carboxylic acids is 1. The number of aromatic nitrogens is 1. The van der Waals surface area contributed by atoms with Crippen molar-refractivity contribution in [1.29, 1.82) is 0 Å². The normalized spacial score (nSPS) is 11.8. The average Bonchev–Trinajstić information content (AvgIpc) is 3.16. The minimum absolute atomic E-state index is 0.0613. The van der Waals surface area contributed by atoms with Crippen molar-refractivity contribution < 1.29 is 23.1 Å². The SMILES string of the molecule is CC(C)c1ccc(S(=O)(=O)n2c(OCc3ccc(C(=O)O)cc3)cc3cc(Cl)ccc32)cc1. The number of nitrogens with zero attached hydrogens (tertiary/aromatic N) is 1. The number of benzene rings is 3. The van der Waals surface area contributed by atoms with Crippen molar-refractivity contribution in [2.45, 2.75) is 31.3 Å². The van der Waals surface area contributed by atoms with Crippen LogP contribution in [-0.2, 0) is 16.6 Å². The second-order valence-corrected chi connectivity index (χ2v) is 10.2. The maximum absolute atomic E-state index is 13.6. The molecule has 0 spiro atoms. The molecule has 0 aliphatic carbocycles. The van der Waals surface area contributed by atoms with Crippen LogP contribution in [0.3, 0.4) is 0 Å². The summed E-state index contributed by atoms with van der Waals surface area (Å²) in [6, 6.07) is 19.6. The first-order valence-corrected chi connectivity index (χ1v) is 12.1. The number of hydrogen-bond acceptors (Lipinski definition) is 4. The molecule has 0 radical (unpaired) electrons. The van der Waals surface area contributed by atoms with Gasteiger partial charge in [-0.2, -0.15) is 0 Å². The summed E-state index contributed by atoms with van der Waals surface area (Å²) in [6.45, 7) is 4.15. The Morgan fingerprint density at radius 3 is 2.27 bits per heavy atom. The van der Waals surface area contributed by atoms with Crippen LogP contribution in [0.5, 0.6) is 5.88 Å². The van der Waals surface area contributed by atoms with Crippen LogP contribution < -0.4 is 4.74 Å². The molecule has 0 saturated carbocycles. The Bertz CT molecular complexity index is 1420. The lowest BCUT2D eigenvalue weighted by Crippen LogP contribution is -2.15. The number of ether oxygens (including phenoxy) is 1. The van der Waals surface area contributed by atoms with Gasteiger partial charge >= 0.3 is 5.97 Å². The number of hydrogen-bond donors (Lipinski definition) is 1. The van der Waals surface area contributed by atoms with Gasteiger partial charge in [-0.25, -0.2) is 17.2 Å². The molecular weight excluding hydrogens is 462 g/mol. The van der Waals surface area contributed by atoms with E-state index in [1.165, 1.54) is 16.1 Å².